The number of benzene rings is 3. The summed E-state index contributed by atoms with van der Waals surface area (Å²) in [6, 6.07) is 27.2. The molecule has 27 heavy (non-hydrogen) atoms. The summed E-state index contributed by atoms with van der Waals surface area (Å²) in [4.78, 5) is 0. The highest BCUT2D eigenvalue weighted by molar-refractivity contribution is 6.82. The van der Waals surface area contributed by atoms with E-state index >= 15 is 0 Å². The van der Waals surface area contributed by atoms with Crippen molar-refractivity contribution in [2.45, 2.75) is 30.8 Å². The molecule has 0 heterocycles. The first-order valence-electron chi connectivity index (χ1n) is 9.57. The third kappa shape index (κ3) is 2.80. The first kappa shape index (κ1) is 18.0. The van der Waals surface area contributed by atoms with E-state index in [9.17, 15) is 5.11 Å². The number of allylic oxidation sites excluding steroid dienone is 1. The smallest absolute Gasteiger partial charge is 0.108 e. The Kier molecular flexibility index (Phi) is 4.41. The quantitative estimate of drug-likeness (QED) is 0.573. The minimum Gasteiger partial charge on any atom is -0.384 e. The normalized spacial score (nSPS) is 18.1. The second-order valence-corrected chi connectivity index (χ2v) is 12.9. The van der Waals surface area contributed by atoms with Gasteiger partial charge in [-0.3, -0.25) is 0 Å². The van der Waals surface area contributed by atoms with E-state index in [1.165, 1.54) is 16.7 Å². The molecule has 0 aliphatic heterocycles. The number of hydrogen-bond acceptors (Lipinski definition) is 1. The predicted molar refractivity (Wildman–Crippen MR) is 116 cm³/mol. The van der Waals surface area contributed by atoms with E-state index in [-0.39, 0.29) is 5.54 Å². The molecule has 3 aromatic carbocycles. The van der Waals surface area contributed by atoms with Gasteiger partial charge in [-0.25, -0.2) is 0 Å². The Hall–Kier alpha value is -2.42. The van der Waals surface area contributed by atoms with Crippen molar-refractivity contribution in [2.24, 2.45) is 0 Å². The average Bonchev–Trinajstić information content (AvgIpc) is 3.13. The summed E-state index contributed by atoms with van der Waals surface area (Å²) in [6.45, 7) is 6.72. The van der Waals surface area contributed by atoms with Crippen LogP contribution in [0.2, 0.25) is 13.1 Å². The maximum Gasteiger partial charge on any atom is 0.108 e. The van der Waals surface area contributed by atoms with Gasteiger partial charge in [-0.1, -0.05) is 110 Å². The largest absolute Gasteiger partial charge is 0.384 e. The summed E-state index contributed by atoms with van der Waals surface area (Å²) in [5.41, 5.74) is 6.08. The maximum absolute atomic E-state index is 12.4. The van der Waals surface area contributed by atoms with Gasteiger partial charge < -0.3 is 5.11 Å². The predicted octanol–water partition coefficient (Wildman–Crippen LogP) is 5.83. The molecule has 1 N–H and O–H groups in total. The zero-order chi connectivity index (χ0) is 19.1. The molecule has 136 valence electrons. The van der Waals surface area contributed by atoms with E-state index in [1.54, 1.807) is 0 Å². The summed E-state index contributed by atoms with van der Waals surface area (Å²) in [6.07, 6.45) is 4.52. The monoisotopic (exact) mass is 370 g/mol. The molecule has 0 saturated carbocycles. The zero-order valence-corrected chi connectivity index (χ0v) is 17.2. The fourth-order valence-corrected chi connectivity index (χ4v) is 8.38. The van der Waals surface area contributed by atoms with Crippen molar-refractivity contribution < 1.29 is 5.11 Å². The van der Waals surface area contributed by atoms with Gasteiger partial charge in [0, 0.05) is 5.54 Å². The van der Waals surface area contributed by atoms with Crippen LogP contribution in [0.5, 0.6) is 0 Å². The fraction of sp³-hybridized carbons (Fsp3) is 0.200. The number of aryl methyl sites for hydroxylation is 1. The van der Waals surface area contributed by atoms with Gasteiger partial charge in [0.2, 0.25) is 0 Å². The molecule has 0 bridgehead atoms. The Morgan fingerprint density at radius 1 is 0.778 bits per heavy atom. The van der Waals surface area contributed by atoms with Crippen LogP contribution < -0.4 is 0 Å². The van der Waals surface area contributed by atoms with Crippen LogP contribution in [-0.2, 0) is 5.22 Å². The van der Waals surface area contributed by atoms with Crippen LogP contribution >= 0.6 is 0 Å². The molecular weight excluding hydrogens is 344 g/mol. The van der Waals surface area contributed by atoms with Gasteiger partial charge in [0.05, 0.1) is 0 Å². The van der Waals surface area contributed by atoms with Crippen LogP contribution in [0.15, 0.2) is 84.9 Å². The minimum atomic E-state index is -2.31. The summed E-state index contributed by atoms with van der Waals surface area (Å²) in [5.74, 6) is 0. The number of fused-ring (bicyclic) bond motifs is 1. The van der Waals surface area contributed by atoms with E-state index in [1.807, 2.05) is 18.2 Å². The average molecular weight is 371 g/mol. The third-order valence-corrected chi connectivity index (χ3v) is 10.7. The van der Waals surface area contributed by atoms with Crippen LogP contribution in [0, 0.1) is 6.92 Å². The standard InChI is InChI=1S/C25H26OSi/c1-19-13-16-22(17-14-19)25(26,21-10-5-4-6-11-21)27(2,3)24-18-15-20-9-7-8-12-23(20)24/h4-18,24,26H,1-3H3. The van der Waals surface area contributed by atoms with E-state index < -0.39 is 13.3 Å². The molecule has 0 saturated heterocycles. The van der Waals surface area contributed by atoms with Crippen molar-refractivity contribution in [1.29, 1.82) is 0 Å². The molecule has 1 nitrogen and oxygen atoms in total. The molecule has 0 fully saturated rings. The van der Waals surface area contributed by atoms with Gasteiger partial charge in [-0.15, -0.1) is 0 Å². The highest BCUT2D eigenvalue weighted by atomic mass is 28.3. The van der Waals surface area contributed by atoms with Crippen LogP contribution in [0.1, 0.15) is 33.4 Å². The van der Waals surface area contributed by atoms with E-state index in [4.69, 9.17) is 0 Å². The van der Waals surface area contributed by atoms with Gasteiger partial charge in [0.15, 0.2) is 0 Å². The molecule has 1 aliphatic rings. The van der Waals surface area contributed by atoms with Crippen molar-refractivity contribution in [3.8, 4) is 0 Å². The Morgan fingerprint density at radius 2 is 1.37 bits per heavy atom. The second-order valence-electron chi connectivity index (χ2n) is 8.13. The summed E-state index contributed by atoms with van der Waals surface area (Å²) < 4.78 is 0. The van der Waals surface area contributed by atoms with Crippen molar-refractivity contribution >= 4 is 14.1 Å². The van der Waals surface area contributed by atoms with Crippen LogP contribution in [-0.4, -0.2) is 13.2 Å². The fourth-order valence-electron chi connectivity index (χ4n) is 4.49. The lowest BCUT2D eigenvalue weighted by atomic mass is 9.99. The van der Waals surface area contributed by atoms with Crippen LogP contribution in [0.25, 0.3) is 6.08 Å². The maximum atomic E-state index is 12.4. The Balaban J connectivity index is 1.91. The molecule has 0 spiro atoms. The van der Waals surface area contributed by atoms with Gasteiger partial charge in [-0.05, 0) is 29.2 Å². The van der Waals surface area contributed by atoms with Crippen molar-refractivity contribution in [2.75, 3.05) is 0 Å². The van der Waals surface area contributed by atoms with Crippen LogP contribution in [0.3, 0.4) is 0 Å². The minimum absolute atomic E-state index is 0.264. The molecule has 0 aromatic heterocycles. The number of hydrogen-bond donors (Lipinski definition) is 1. The molecule has 1 aliphatic carbocycles. The first-order chi connectivity index (χ1) is 12.9. The van der Waals surface area contributed by atoms with Gasteiger partial charge in [-0.2, -0.15) is 0 Å². The Bertz CT molecular complexity index is 973. The molecular formula is C25H26OSi. The lowest BCUT2D eigenvalue weighted by Crippen LogP contribution is -2.56. The lowest BCUT2D eigenvalue weighted by Gasteiger charge is -2.45. The third-order valence-electron chi connectivity index (χ3n) is 6.17. The summed E-state index contributed by atoms with van der Waals surface area (Å²) in [7, 11) is -2.31. The van der Waals surface area contributed by atoms with Crippen molar-refractivity contribution in [3.63, 3.8) is 0 Å². The van der Waals surface area contributed by atoms with Crippen molar-refractivity contribution in [1.82, 2.24) is 0 Å². The highest BCUT2D eigenvalue weighted by Crippen LogP contribution is 2.48. The second kappa shape index (κ2) is 6.63. The number of aliphatic hydroxyl groups is 1. The molecule has 2 atom stereocenters. The lowest BCUT2D eigenvalue weighted by molar-refractivity contribution is 0.156. The molecule has 0 amide bonds. The zero-order valence-electron chi connectivity index (χ0n) is 16.2. The van der Waals surface area contributed by atoms with E-state index in [0.717, 1.165) is 11.1 Å². The molecule has 2 unspecified atom stereocenters. The van der Waals surface area contributed by atoms with Gasteiger partial charge in [0.1, 0.15) is 13.3 Å². The molecule has 0 radical (unpaired) electrons. The molecule has 3 aromatic rings. The Morgan fingerprint density at radius 3 is 2.07 bits per heavy atom. The van der Waals surface area contributed by atoms with E-state index in [2.05, 4.69) is 92.8 Å². The SMILES string of the molecule is Cc1ccc(C(O)(c2ccccc2)[Si](C)(C)C2C=Cc3ccccc32)cc1. The topological polar surface area (TPSA) is 20.2 Å². The molecule has 2 heteroatoms. The Labute approximate surface area is 163 Å². The van der Waals surface area contributed by atoms with Crippen molar-refractivity contribution in [3.05, 3.63) is 113 Å². The van der Waals surface area contributed by atoms with Gasteiger partial charge in [0.25, 0.3) is 0 Å². The van der Waals surface area contributed by atoms with Gasteiger partial charge >= 0.3 is 0 Å². The summed E-state index contributed by atoms with van der Waals surface area (Å²) in [5, 5.41) is 11.4. The summed E-state index contributed by atoms with van der Waals surface area (Å²) >= 11 is 0. The highest BCUT2D eigenvalue weighted by Gasteiger charge is 2.53. The van der Waals surface area contributed by atoms with Crippen LogP contribution in [0.4, 0.5) is 0 Å². The van der Waals surface area contributed by atoms with E-state index in [0.29, 0.717) is 0 Å². The first-order valence-corrected chi connectivity index (χ1v) is 12.6. The number of rotatable bonds is 4. The molecule has 4 rings (SSSR count).